The third-order valence-electron chi connectivity index (χ3n) is 2.05. The maximum Gasteiger partial charge on any atom is 0.0392 e. The molecule has 0 aliphatic carbocycles. The second-order valence-electron chi connectivity index (χ2n) is 3.63. The Bertz CT molecular complexity index is 305. The van der Waals surface area contributed by atoms with Crippen LogP contribution in [0.5, 0.6) is 0 Å². The summed E-state index contributed by atoms with van der Waals surface area (Å²) < 4.78 is 0. The summed E-state index contributed by atoms with van der Waals surface area (Å²) in [6.07, 6.45) is 1.93. The van der Waals surface area contributed by atoms with Crippen molar-refractivity contribution < 1.29 is 0 Å². The van der Waals surface area contributed by atoms with E-state index < -0.39 is 0 Å². The van der Waals surface area contributed by atoms with Crippen LogP contribution < -0.4 is 5.19 Å². The molecule has 0 aromatic heterocycles. The summed E-state index contributed by atoms with van der Waals surface area (Å²) >= 11 is 0. The molecule has 1 aromatic carbocycles. The van der Waals surface area contributed by atoms with E-state index in [2.05, 4.69) is 43.8 Å². The summed E-state index contributed by atoms with van der Waals surface area (Å²) in [7, 11) is 5.28. The van der Waals surface area contributed by atoms with Gasteiger partial charge in [0.15, 0.2) is 0 Å². The number of hydrogen-bond acceptors (Lipinski definition) is 1. The quantitative estimate of drug-likeness (QED) is 0.625. The van der Waals surface area contributed by atoms with Gasteiger partial charge < -0.3 is 4.90 Å². The average molecular weight is 191 g/mol. The zero-order valence-electron chi connectivity index (χ0n) is 8.67. The smallest absolute Gasteiger partial charge is 0.0392 e. The molecule has 70 valence electrons. The minimum Gasteiger partial charge on any atom is -0.305 e. The third kappa shape index (κ3) is 2.83. The van der Waals surface area contributed by atoms with Crippen molar-refractivity contribution in [2.24, 2.45) is 0 Å². The van der Waals surface area contributed by atoms with Gasteiger partial charge in [-0.15, -0.1) is 0 Å². The lowest BCUT2D eigenvalue weighted by Gasteiger charge is -2.11. The number of hydrogen-bond donors (Lipinski definition) is 0. The predicted molar refractivity (Wildman–Crippen MR) is 63.5 cm³/mol. The van der Waals surface area contributed by atoms with Gasteiger partial charge in [-0.05, 0) is 25.2 Å². The Kier molecular flexibility index (Phi) is 3.45. The Morgan fingerprint density at radius 2 is 2.15 bits per heavy atom. The molecule has 0 aliphatic rings. The van der Waals surface area contributed by atoms with E-state index in [0.717, 1.165) is 16.8 Å². The zero-order valence-corrected chi connectivity index (χ0v) is 10.7. The van der Waals surface area contributed by atoms with Crippen molar-refractivity contribution in [1.29, 1.82) is 0 Å². The second kappa shape index (κ2) is 4.39. The Hall–Kier alpha value is -0.863. The Balaban J connectivity index is 2.89. The molecular weight excluding hydrogens is 174 g/mol. The predicted octanol–water partition coefficient (Wildman–Crippen LogP) is 0.382. The highest BCUT2D eigenvalue weighted by Gasteiger charge is 1.97. The number of benzene rings is 1. The summed E-state index contributed by atoms with van der Waals surface area (Å²) in [5, 5.41) is 1.44. The Morgan fingerprint density at radius 1 is 1.46 bits per heavy atom. The van der Waals surface area contributed by atoms with Gasteiger partial charge in [0.2, 0.25) is 0 Å². The van der Waals surface area contributed by atoms with Crippen LogP contribution in [0, 0.1) is 0 Å². The molecule has 0 heterocycles. The molecule has 0 aliphatic heterocycles. The van der Waals surface area contributed by atoms with Gasteiger partial charge in [-0.1, -0.05) is 36.0 Å². The van der Waals surface area contributed by atoms with Gasteiger partial charge in [0, 0.05) is 16.8 Å². The monoisotopic (exact) mass is 191 g/mol. The minimum atomic E-state index is 1.02. The van der Waals surface area contributed by atoms with E-state index in [-0.39, 0.29) is 0 Å². The SMILES string of the molecule is C=Cc1ccc(CN(C)C)cc1[SiH3]. The van der Waals surface area contributed by atoms with Gasteiger partial charge in [0.25, 0.3) is 0 Å². The molecule has 0 spiro atoms. The van der Waals surface area contributed by atoms with Gasteiger partial charge in [0.05, 0.1) is 0 Å². The Morgan fingerprint density at radius 3 is 2.62 bits per heavy atom. The van der Waals surface area contributed by atoms with E-state index in [1.54, 1.807) is 0 Å². The van der Waals surface area contributed by atoms with Gasteiger partial charge in [0.1, 0.15) is 0 Å². The first-order chi connectivity index (χ1) is 6.13. The molecule has 0 N–H and O–H groups in total. The molecule has 0 saturated carbocycles. The molecule has 1 rings (SSSR count). The van der Waals surface area contributed by atoms with Gasteiger partial charge in [-0.3, -0.25) is 0 Å². The van der Waals surface area contributed by atoms with Crippen LogP contribution in [-0.4, -0.2) is 29.2 Å². The second-order valence-corrected chi connectivity index (χ2v) is 4.71. The molecule has 0 fully saturated rings. The molecule has 0 atom stereocenters. The van der Waals surface area contributed by atoms with Crippen molar-refractivity contribution in [3.05, 3.63) is 35.9 Å². The first-order valence-corrected chi connectivity index (χ1v) is 5.50. The lowest BCUT2D eigenvalue weighted by atomic mass is 10.1. The van der Waals surface area contributed by atoms with E-state index in [4.69, 9.17) is 0 Å². The van der Waals surface area contributed by atoms with E-state index >= 15 is 0 Å². The van der Waals surface area contributed by atoms with Crippen LogP contribution in [0.3, 0.4) is 0 Å². The molecule has 0 bridgehead atoms. The van der Waals surface area contributed by atoms with Gasteiger partial charge in [-0.25, -0.2) is 0 Å². The Labute approximate surface area is 83.5 Å². The van der Waals surface area contributed by atoms with Crippen LogP contribution in [0.15, 0.2) is 24.8 Å². The molecule has 0 unspecified atom stereocenters. The molecule has 0 amide bonds. The highest BCUT2D eigenvalue weighted by Crippen LogP contribution is 2.04. The van der Waals surface area contributed by atoms with Gasteiger partial charge >= 0.3 is 0 Å². The van der Waals surface area contributed by atoms with Crippen LogP contribution in [-0.2, 0) is 6.54 Å². The topological polar surface area (TPSA) is 3.24 Å². The number of nitrogens with zero attached hydrogens (tertiary/aromatic N) is 1. The molecular formula is C11H17NSi. The van der Waals surface area contributed by atoms with Crippen molar-refractivity contribution in [3.63, 3.8) is 0 Å². The fourth-order valence-electron chi connectivity index (χ4n) is 1.43. The van der Waals surface area contributed by atoms with E-state index in [0.29, 0.717) is 0 Å². The fraction of sp³-hybridized carbons (Fsp3) is 0.273. The normalized spacial score (nSPS) is 10.7. The zero-order chi connectivity index (χ0) is 9.84. The minimum absolute atomic E-state index is 1.02. The van der Waals surface area contributed by atoms with Crippen molar-refractivity contribution in [2.45, 2.75) is 6.54 Å². The van der Waals surface area contributed by atoms with Crippen molar-refractivity contribution in [1.82, 2.24) is 4.90 Å². The first kappa shape index (κ1) is 10.2. The van der Waals surface area contributed by atoms with E-state index in [9.17, 15) is 0 Å². The summed E-state index contributed by atoms with van der Waals surface area (Å²) in [6.45, 7) is 4.81. The molecule has 2 heteroatoms. The van der Waals surface area contributed by atoms with Crippen molar-refractivity contribution in [3.8, 4) is 0 Å². The maximum atomic E-state index is 3.79. The molecule has 0 radical (unpaired) electrons. The van der Waals surface area contributed by atoms with Crippen LogP contribution in [0.1, 0.15) is 11.1 Å². The van der Waals surface area contributed by atoms with E-state index in [1.807, 2.05) is 6.08 Å². The summed E-state index contributed by atoms with van der Waals surface area (Å²) in [6, 6.07) is 6.62. The molecule has 13 heavy (non-hydrogen) atoms. The first-order valence-electron chi connectivity index (χ1n) is 4.50. The highest BCUT2D eigenvalue weighted by atomic mass is 28.1. The summed E-state index contributed by atoms with van der Waals surface area (Å²) in [5.74, 6) is 0. The standard InChI is InChI=1S/C11H17NSi/c1-4-10-6-5-9(7-11(10)13)8-12(2)3/h4-7H,1,8H2,2-3,13H3. The van der Waals surface area contributed by atoms with Crippen LogP contribution >= 0.6 is 0 Å². The van der Waals surface area contributed by atoms with Gasteiger partial charge in [-0.2, -0.15) is 0 Å². The lowest BCUT2D eigenvalue weighted by molar-refractivity contribution is 0.402. The summed E-state index contributed by atoms with van der Waals surface area (Å²) in [5.41, 5.74) is 2.68. The summed E-state index contributed by atoms with van der Waals surface area (Å²) in [4.78, 5) is 2.18. The third-order valence-corrected chi connectivity index (χ3v) is 2.92. The lowest BCUT2D eigenvalue weighted by Crippen LogP contribution is -2.14. The molecule has 1 aromatic rings. The molecule has 0 saturated heterocycles. The van der Waals surface area contributed by atoms with Crippen molar-refractivity contribution >= 4 is 21.5 Å². The highest BCUT2D eigenvalue weighted by molar-refractivity contribution is 6.34. The largest absolute Gasteiger partial charge is 0.305 e. The fourth-order valence-corrected chi connectivity index (χ4v) is 2.17. The van der Waals surface area contributed by atoms with Crippen molar-refractivity contribution in [2.75, 3.05) is 14.1 Å². The van der Waals surface area contributed by atoms with E-state index in [1.165, 1.54) is 16.3 Å². The maximum absolute atomic E-state index is 3.79. The van der Waals surface area contributed by atoms with Crippen LogP contribution in [0.25, 0.3) is 6.08 Å². The molecule has 1 nitrogen and oxygen atoms in total. The number of rotatable bonds is 3. The van der Waals surface area contributed by atoms with Crippen LogP contribution in [0.2, 0.25) is 0 Å². The van der Waals surface area contributed by atoms with Crippen LogP contribution in [0.4, 0.5) is 0 Å². The average Bonchev–Trinajstić information content (AvgIpc) is 2.03.